The highest BCUT2D eigenvalue weighted by atomic mass is 19.3. The first-order valence-corrected chi connectivity index (χ1v) is 11.2. The summed E-state index contributed by atoms with van der Waals surface area (Å²) in [7, 11) is 3.14. The highest BCUT2D eigenvalue weighted by molar-refractivity contribution is 6.19. The van der Waals surface area contributed by atoms with Crippen LogP contribution in [-0.4, -0.2) is 59.7 Å². The Hall–Kier alpha value is -3.27. The van der Waals surface area contributed by atoms with E-state index in [0.717, 1.165) is 16.8 Å². The zero-order valence-electron chi connectivity index (χ0n) is 19.7. The fraction of sp³-hybridized carbons (Fsp3) is 0.458. The molecule has 8 nitrogen and oxygen atoms in total. The van der Waals surface area contributed by atoms with Crippen LogP contribution in [0.2, 0.25) is 0 Å². The van der Waals surface area contributed by atoms with E-state index in [9.17, 15) is 8.78 Å². The lowest BCUT2D eigenvalue weighted by Crippen LogP contribution is -2.23. The number of methoxy groups -OCH3 is 2. The van der Waals surface area contributed by atoms with Gasteiger partial charge in [0, 0.05) is 48.2 Å². The standard InChI is InChI=1S/C24H28F2N6O2/c1-12-7-14(5-6-19(25)26)17-8-15(10-28-22(17)29-12)16-9-18(27)21-20(16)23(34-4)32-24(31-21)30-13(2)11-33-3/h8-10,13-14,19,27H,5-7,11H2,1-4H3,(H,30,31,32)/t13-,14?/m1/s1. The largest absolute Gasteiger partial charge is 0.480 e. The molecular weight excluding hydrogens is 442 g/mol. The molecule has 0 radical (unpaired) electrons. The Morgan fingerprint density at radius 1 is 1.26 bits per heavy atom. The number of hydrogen-bond donors (Lipinski definition) is 2. The summed E-state index contributed by atoms with van der Waals surface area (Å²) >= 11 is 0. The Kier molecular flexibility index (Phi) is 6.97. The number of fused-ring (bicyclic) bond motifs is 2. The number of alkyl halides is 2. The molecule has 2 aromatic rings. The van der Waals surface area contributed by atoms with Gasteiger partial charge in [0.15, 0.2) is 5.82 Å². The van der Waals surface area contributed by atoms with Gasteiger partial charge in [-0.05, 0) is 44.7 Å². The van der Waals surface area contributed by atoms with Gasteiger partial charge in [-0.3, -0.25) is 5.41 Å². The average molecular weight is 471 g/mol. The molecular formula is C24H28F2N6O2. The number of nitrogens with one attached hydrogen (secondary N) is 2. The van der Waals surface area contributed by atoms with E-state index in [1.54, 1.807) is 19.4 Å². The quantitative estimate of drug-likeness (QED) is 0.547. The Morgan fingerprint density at radius 3 is 2.76 bits per heavy atom. The zero-order chi connectivity index (χ0) is 24.4. The van der Waals surface area contributed by atoms with Gasteiger partial charge in [0.25, 0.3) is 0 Å². The van der Waals surface area contributed by atoms with Crippen LogP contribution in [0.25, 0.3) is 5.57 Å². The summed E-state index contributed by atoms with van der Waals surface area (Å²) in [5, 5.41) is 11.7. The molecule has 1 aliphatic heterocycles. The van der Waals surface area contributed by atoms with Gasteiger partial charge >= 0.3 is 0 Å². The van der Waals surface area contributed by atoms with Crippen LogP contribution < -0.4 is 10.1 Å². The van der Waals surface area contributed by atoms with Crippen molar-refractivity contribution in [2.45, 2.75) is 51.5 Å². The van der Waals surface area contributed by atoms with Crippen LogP contribution in [0.5, 0.6) is 5.88 Å². The Bertz CT molecular complexity index is 1160. The molecule has 3 heterocycles. The van der Waals surface area contributed by atoms with Crippen LogP contribution in [0.1, 0.15) is 61.4 Å². The lowest BCUT2D eigenvalue weighted by atomic mass is 9.86. The Labute approximate surface area is 197 Å². The van der Waals surface area contributed by atoms with Crippen molar-refractivity contribution >= 4 is 28.8 Å². The zero-order valence-corrected chi connectivity index (χ0v) is 19.7. The summed E-state index contributed by atoms with van der Waals surface area (Å²) in [5.74, 6) is 1.17. The highest BCUT2D eigenvalue weighted by Crippen LogP contribution is 2.42. The van der Waals surface area contributed by atoms with Gasteiger partial charge in [-0.25, -0.2) is 23.7 Å². The first-order chi connectivity index (χ1) is 16.3. The minimum Gasteiger partial charge on any atom is -0.480 e. The normalized spacial score (nSPS) is 17.7. The molecule has 2 N–H and O–H groups in total. The Morgan fingerprint density at radius 2 is 2.06 bits per heavy atom. The molecule has 1 unspecified atom stereocenters. The summed E-state index contributed by atoms with van der Waals surface area (Å²) in [6.45, 7) is 4.31. The van der Waals surface area contributed by atoms with Gasteiger partial charge in [0.2, 0.25) is 18.3 Å². The SMILES string of the molecule is COC[C@@H](C)Nc1nc(OC)c2c(n1)C(=N)C=C2c1cnc2c(c1)C(CCC(F)F)CC(C)=N2. The summed E-state index contributed by atoms with van der Waals surface area (Å²) in [5.41, 5.74) is 4.48. The molecule has 180 valence electrons. The van der Waals surface area contributed by atoms with Crippen molar-refractivity contribution in [1.82, 2.24) is 15.0 Å². The smallest absolute Gasteiger partial charge is 0.238 e. The van der Waals surface area contributed by atoms with E-state index in [1.165, 1.54) is 7.11 Å². The van der Waals surface area contributed by atoms with Crippen LogP contribution >= 0.6 is 0 Å². The predicted octanol–water partition coefficient (Wildman–Crippen LogP) is 4.77. The van der Waals surface area contributed by atoms with Crippen molar-refractivity contribution in [2.24, 2.45) is 4.99 Å². The Balaban J connectivity index is 1.72. The highest BCUT2D eigenvalue weighted by Gasteiger charge is 2.30. The molecule has 2 aromatic heterocycles. The maximum Gasteiger partial charge on any atom is 0.238 e. The molecule has 0 saturated heterocycles. The third-order valence-corrected chi connectivity index (χ3v) is 5.89. The van der Waals surface area contributed by atoms with E-state index in [4.69, 9.17) is 14.9 Å². The number of aliphatic imine (C=N–C) groups is 1. The van der Waals surface area contributed by atoms with Crippen molar-refractivity contribution in [1.29, 1.82) is 5.41 Å². The van der Waals surface area contributed by atoms with Gasteiger partial charge in [0.05, 0.1) is 25.0 Å². The van der Waals surface area contributed by atoms with E-state index < -0.39 is 6.43 Å². The summed E-state index contributed by atoms with van der Waals surface area (Å²) in [6, 6.07) is 1.91. The van der Waals surface area contributed by atoms with Crippen molar-refractivity contribution in [3.63, 3.8) is 0 Å². The van der Waals surface area contributed by atoms with E-state index in [0.29, 0.717) is 53.9 Å². The fourth-order valence-electron chi connectivity index (χ4n) is 4.41. The second-order valence-electron chi connectivity index (χ2n) is 8.61. The van der Waals surface area contributed by atoms with Crippen molar-refractivity contribution < 1.29 is 18.3 Å². The minimum atomic E-state index is -2.35. The van der Waals surface area contributed by atoms with E-state index in [2.05, 4.69) is 25.3 Å². The third-order valence-electron chi connectivity index (χ3n) is 5.89. The second kappa shape index (κ2) is 9.92. The van der Waals surface area contributed by atoms with Gasteiger partial charge in [0.1, 0.15) is 5.69 Å². The number of allylic oxidation sites excluding steroid dienone is 1. The molecule has 0 fully saturated rings. The van der Waals surface area contributed by atoms with Crippen molar-refractivity contribution in [3.8, 4) is 5.88 Å². The molecule has 1 aliphatic carbocycles. The van der Waals surface area contributed by atoms with E-state index in [-0.39, 0.29) is 24.1 Å². The molecule has 4 rings (SSSR count). The number of rotatable bonds is 9. The maximum atomic E-state index is 12.9. The second-order valence-corrected chi connectivity index (χ2v) is 8.61. The summed E-state index contributed by atoms with van der Waals surface area (Å²) < 4.78 is 36.6. The first kappa shape index (κ1) is 23.9. The fourth-order valence-corrected chi connectivity index (χ4v) is 4.41. The van der Waals surface area contributed by atoms with Crippen LogP contribution in [0.3, 0.4) is 0 Å². The van der Waals surface area contributed by atoms with Gasteiger partial charge in [-0.15, -0.1) is 0 Å². The number of anilines is 1. The number of aromatic nitrogens is 3. The lowest BCUT2D eigenvalue weighted by Gasteiger charge is -2.24. The molecule has 0 spiro atoms. The molecule has 10 heteroatoms. The number of hydrogen-bond acceptors (Lipinski definition) is 8. The molecule has 0 saturated carbocycles. The molecule has 34 heavy (non-hydrogen) atoms. The molecule has 2 atom stereocenters. The van der Waals surface area contributed by atoms with Gasteiger partial charge < -0.3 is 14.8 Å². The number of halogens is 2. The van der Waals surface area contributed by atoms with E-state index in [1.807, 2.05) is 19.9 Å². The average Bonchev–Trinajstić information content (AvgIpc) is 3.13. The maximum absolute atomic E-state index is 12.9. The van der Waals surface area contributed by atoms with Crippen LogP contribution in [0.4, 0.5) is 20.5 Å². The minimum absolute atomic E-state index is 0.0326. The van der Waals surface area contributed by atoms with Crippen LogP contribution in [0.15, 0.2) is 23.3 Å². The number of pyridine rings is 1. The lowest BCUT2D eigenvalue weighted by molar-refractivity contribution is 0.132. The molecule has 0 aromatic carbocycles. The topological polar surface area (TPSA) is 105 Å². The number of ether oxygens (including phenoxy) is 2. The van der Waals surface area contributed by atoms with Crippen LogP contribution in [0, 0.1) is 5.41 Å². The third kappa shape index (κ3) is 4.82. The van der Waals surface area contributed by atoms with Crippen molar-refractivity contribution in [2.75, 3.05) is 26.1 Å². The van der Waals surface area contributed by atoms with Gasteiger partial charge in [-0.1, -0.05) is 0 Å². The van der Waals surface area contributed by atoms with Crippen LogP contribution in [-0.2, 0) is 4.74 Å². The molecule has 2 aliphatic rings. The molecule has 0 bridgehead atoms. The van der Waals surface area contributed by atoms with Crippen molar-refractivity contribution in [3.05, 3.63) is 40.7 Å². The monoisotopic (exact) mass is 470 g/mol. The van der Waals surface area contributed by atoms with E-state index >= 15 is 0 Å². The summed E-state index contributed by atoms with van der Waals surface area (Å²) in [6.07, 6.45) is 1.85. The first-order valence-electron chi connectivity index (χ1n) is 11.2. The summed E-state index contributed by atoms with van der Waals surface area (Å²) in [4.78, 5) is 18.1. The van der Waals surface area contributed by atoms with Gasteiger partial charge in [-0.2, -0.15) is 4.98 Å². The number of nitrogens with zero attached hydrogens (tertiary/aromatic N) is 4. The molecule has 0 amide bonds. The predicted molar refractivity (Wildman–Crippen MR) is 127 cm³/mol.